The van der Waals surface area contributed by atoms with Crippen LogP contribution in [0.25, 0.3) is 0 Å². The van der Waals surface area contributed by atoms with E-state index >= 15 is 0 Å². The van der Waals surface area contributed by atoms with E-state index < -0.39 is 0 Å². The number of ether oxygens (including phenoxy) is 1. The molecule has 0 aliphatic rings. The topological polar surface area (TPSA) is 35.2 Å². The zero-order valence-corrected chi connectivity index (χ0v) is 14.6. The lowest BCUT2D eigenvalue weighted by atomic mass is 10.0. The fourth-order valence-electron chi connectivity index (χ4n) is 2.11. The van der Waals surface area contributed by atoms with Crippen LogP contribution >= 0.6 is 34.5 Å². The second kappa shape index (κ2) is 7.01. The van der Waals surface area contributed by atoms with Crippen molar-refractivity contribution < 1.29 is 4.74 Å². The third-order valence-corrected chi connectivity index (χ3v) is 4.96. The first-order valence-corrected chi connectivity index (χ1v) is 8.41. The normalized spacial score (nSPS) is 12.7. The quantitative estimate of drug-likeness (QED) is 0.770. The summed E-state index contributed by atoms with van der Waals surface area (Å²) in [6.07, 6.45) is -0.192. The monoisotopic (exact) mass is 343 g/mol. The Kier molecular flexibility index (Phi) is 5.55. The van der Waals surface area contributed by atoms with Crippen LogP contribution in [0.3, 0.4) is 0 Å². The molecule has 0 saturated heterocycles. The van der Waals surface area contributed by atoms with Gasteiger partial charge < -0.3 is 10.5 Å². The lowest BCUT2D eigenvalue weighted by Gasteiger charge is -2.20. The van der Waals surface area contributed by atoms with Gasteiger partial charge in [-0.25, -0.2) is 0 Å². The molecule has 2 N–H and O–H groups in total. The molecule has 0 saturated carbocycles. The van der Waals surface area contributed by atoms with Gasteiger partial charge in [-0.1, -0.05) is 37.0 Å². The number of benzene rings is 1. The standard InChI is InChI=1S/C16H19Cl2NOS/c1-9(2)11-7-13(10(3)6-12(11)17)20-14(8-19)15-4-5-16(18)21-15/h4-7,9,14H,8,19H2,1-3H3. The molecule has 2 nitrogen and oxygen atoms in total. The van der Waals surface area contributed by atoms with Gasteiger partial charge in [0.15, 0.2) is 0 Å². The van der Waals surface area contributed by atoms with Crippen LogP contribution in [-0.2, 0) is 0 Å². The first kappa shape index (κ1) is 16.6. The molecule has 1 atom stereocenters. The van der Waals surface area contributed by atoms with Crippen LogP contribution < -0.4 is 10.5 Å². The molecule has 1 aromatic carbocycles. The van der Waals surface area contributed by atoms with Gasteiger partial charge in [0, 0.05) is 16.4 Å². The second-order valence-corrected chi connectivity index (χ2v) is 7.43. The van der Waals surface area contributed by atoms with Gasteiger partial charge in [0.25, 0.3) is 0 Å². The van der Waals surface area contributed by atoms with E-state index in [1.165, 1.54) is 11.3 Å². The lowest BCUT2D eigenvalue weighted by Crippen LogP contribution is -2.18. The number of hydrogen-bond acceptors (Lipinski definition) is 3. The smallest absolute Gasteiger partial charge is 0.145 e. The molecular weight excluding hydrogens is 325 g/mol. The average Bonchev–Trinajstić information content (AvgIpc) is 2.84. The van der Waals surface area contributed by atoms with E-state index in [9.17, 15) is 0 Å². The molecule has 2 aromatic rings. The molecule has 5 heteroatoms. The molecule has 1 unspecified atom stereocenters. The summed E-state index contributed by atoms with van der Waals surface area (Å²) in [4.78, 5) is 1.03. The molecular formula is C16H19Cl2NOS. The molecule has 1 heterocycles. The largest absolute Gasteiger partial charge is 0.483 e. The number of nitrogens with two attached hydrogens (primary N) is 1. The summed E-state index contributed by atoms with van der Waals surface area (Å²) in [5, 5.41) is 0.776. The molecule has 0 aliphatic heterocycles. The fourth-order valence-corrected chi connectivity index (χ4v) is 3.65. The molecule has 0 fully saturated rings. The first-order valence-electron chi connectivity index (χ1n) is 6.84. The minimum Gasteiger partial charge on any atom is -0.483 e. The highest BCUT2D eigenvalue weighted by Gasteiger charge is 2.17. The van der Waals surface area contributed by atoms with Crippen molar-refractivity contribution in [3.63, 3.8) is 0 Å². The van der Waals surface area contributed by atoms with E-state index in [4.69, 9.17) is 33.7 Å². The van der Waals surface area contributed by atoms with Crippen molar-refractivity contribution in [2.75, 3.05) is 6.54 Å². The van der Waals surface area contributed by atoms with Gasteiger partial charge in [0.2, 0.25) is 0 Å². The highest BCUT2D eigenvalue weighted by molar-refractivity contribution is 7.16. The summed E-state index contributed by atoms with van der Waals surface area (Å²) in [6, 6.07) is 7.78. The minimum atomic E-state index is -0.192. The zero-order chi connectivity index (χ0) is 15.6. The summed E-state index contributed by atoms with van der Waals surface area (Å²) in [6.45, 7) is 6.61. The summed E-state index contributed by atoms with van der Waals surface area (Å²) >= 11 is 13.8. The molecule has 0 bridgehead atoms. The summed E-state index contributed by atoms with van der Waals surface area (Å²) < 4.78 is 6.85. The lowest BCUT2D eigenvalue weighted by molar-refractivity contribution is 0.216. The number of halogens is 2. The van der Waals surface area contributed by atoms with Crippen LogP contribution in [0.4, 0.5) is 0 Å². The Bertz CT molecular complexity index is 625. The van der Waals surface area contributed by atoms with Crippen molar-refractivity contribution >= 4 is 34.5 Å². The van der Waals surface area contributed by atoms with Crippen molar-refractivity contribution in [1.29, 1.82) is 0 Å². The third-order valence-electron chi connectivity index (χ3n) is 3.31. The molecule has 1 aromatic heterocycles. The fraction of sp³-hybridized carbons (Fsp3) is 0.375. The van der Waals surface area contributed by atoms with Crippen molar-refractivity contribution in [3.05, 3.63) is 49.6 Å². The van der Waals surface area contributed by atoms with Crippen LogP contribution in [0.15, 0.2) is 24.3 Å². The predicted molar refractivity (Wildman–Crippen MR) is 92.0 cm³/mol. The van der Waals surface area contributed by atoms with Crippen LogP contribution in [0.2, 0.25) is 9.36 Å². The van der Waals surface area contributed by atoms with Gasteiger partial charge in [-0.2, -0.15) is 0 Å². The van der Waals surface area contributed by atoms with Gasteiger partial charge in [0.1, 0.15) is 11.9 Å². The molecule has 21 heavy (non-hydrogen) atoms. The van der Waals surface area contributed by atoms with Gasteiger partial charge in [0.05, 0.1) is 4.34 Å². The van der Waals surface area contributed by atoms with E-state index in [1.807, 2.05) is 31.2 Å². The number of aryl methyl sites for hydroxylation is 1. The Hall–Kier alpha value is -0.740. The zero-order valence-electron chi connectivity index (χ0n) is 12.3. The molecule has 2 rings (SSSR count). The summed E-state index contributed by atoms with van der Waals surface area (Å²) in [7, 11) is 0. The van der Waals surface area contributed by atoms with E-state index in [0.29, 0.717) is 12.5 Å². The van der Waals surface area contributed by atoms with Crippen LogP contribution in [0, 0.1) is 6.92 Å². The van der Waals surface area contributed by atoms with Crippen LogP contribution in [-0.4, -0.2) is 6.54 Å². The number of thiophene rings is 1. The van der Waals surface area contributed by atoms with E-state index in [1.54, 1.807) is 0 Å². The minimum absolute atomic E-state index is 0.192. The molecule has 0 amide bonds. The van der Waals surface area contributed by atoms with Crippen molar-refractivity contribution in [3.8, 4) is 5.75 Å². The Labute approximate surface area is 139 Å². The summed E-state index contributed by atoms with van der Waals surface area (Å²) in [5.74, 6) is 1.16. The highest BCUT2D eigenvalue weighted by Crippen LogP contribution is 2.35. The van der Waals surface area contributed by atoms with E-state index in [0.717, 1.165) is 31.1 Å². The molecule has 0 spiro atoms. The maximum atomic E-state index is 6.29. The second-order valence-electron chi connectivity index (χ2n) is 5.28. The highest BCUT2D eigenvalue weighted by atomic mass is 35.5. The Morgan fingerprint density at radius 1 is 1.24 bits per heavy atom. The van der Waals surface area contributed by atoms with Crippen LogP contribution in [0.5, 0.6) is 5.75 Å². The van der Waals surface area contributed by atoms with E-state index in [-0.39, 0.29) is 6.10 Å². The molecule has 0 aliphatic carbocycles. The number of hydrogen-bond donors (Lipinski definition) is 1. The predicted octanol–water partition coefficient (Wildman–Crippen LogP) is 5.57. The van der Waals surface area contributed by atoms with Crippen LogP contribution in [0.1, 0.15) is 41.9 Å². The maximum absolute atomic E-state index is 6.29. The van der Waals surface area contributed by atoms with Crippen molar-refractivity contribution in [2.24, 2.45) is 5.73 Å². The third kappa shape index (κ3) is 3.92. The van der Waals surface area contributed by atoms with E-state index in [2.05, 4.69) is 13.8 Å². The molecule has 0 radical (unpaired) electrons. The SMILES string of the molecule is Cc1cc(Cl)c(C(C)C)cc1OC(CN)c1ccc(Cl)s1. The number of rotatable bonds is 5. The first-order chi connectivity index (χ1) is 9.92. The van der Waals surface area contributed by atoms with Gasteiger partial charge in [-0.15, -0.1) is 11.3 Å². The van der Waals surface area contributed by atoms with Gasteiger partial charge in [-0.05, 0) is 48.2 Å². The Morgan fingerprint density at radius 2 is 1.95 bits per heavy atom. The van der Waals surface area contributed by atoms with Gasteiger partial charge >= 0.3 is 0 Å². The Morgan fingerprint density at radius 3 is 2.48 bits per heavy atom. The Balaban J connectivity index is 2.31. The molecule has 114 valence electrons. The van der Waals surface area contributed by atoms with Crippen molar-refractivity contribution in [2.45, 2.75) is 32.8 Å². The van der Waals surface area contributed by atoms with Gasteiger partial charge in [-0.3, -0.25) is 0 Å². The summed E-state index contributed by atoms with van der Waals surface area (Å²) in [5.41, 5.74) is 7.94. The average molecular weight is 344 g/mol. The van der Waals surface area contributed by atoms with Crippen molar-refractivity contribution in [1.82, 2.24) is 0 Å². The maximum Gasteiger partial charge on any atom is 0.145 e.